The maximum absolute atomic E-state index is 13.7. The van der Waals surface area contributed by atoms with E-state index in [2.05, 4.69) is 53.4 Å². The van der Waals surface area contributed by atoms with Crippen molar-refractivity contribution in [2.24, 2.45) is 5.92 Å². The summed E-state index contributed by atoms with van der Waals surface area (Å²) in [6.45, 7) is 0.683. The number of Topliss-reactive ketones (excluding diaryl/α,β-unsaturated/α-hetero) is 1. The van der Waals surface area contributed by atoms with Gasteiger partial charge in [-0.1, -0.05) is 72.8 Å². The van der Waals surface area contributed by atoms with Crippen LogP contribution >= 0.6 is 12.4 Å². The van der Waals surface area contributed by atoms with Crippen molar-refractivity contribution < 1.29 is 9.53 Å². The largest absolute Gasteiger partial charge is 0.497 e. The molecule has 4 heteroatoms. The second-order valence-corrected chi connectivity index (χ2v) is 7.67. The van der Waals surface area contributed by atoms with E-state index in [1.165, 1.54) is 11.1 Å². The topological polar surface area (TPSA) is 29.5 Å². The first-order valence-corrected chi connectivity index (χ1v) is 10.0. The maximum atomic E-state index is 13.7. The highest BCUT2D eigenvalue weighted by Crippen LogP contribution is 2.32. The van der Waals surface area contributed by atoms with Crippen LogP contribution in [0.2, 0.25) is 0 Å². The van der Waals surface area contributed by atoms with Crippen molar-refractivity contribution in [1.82, 2.24) is 4.90 Å². The van der Waals surface area contributed by atoms with Gasteiger partial charge >= 0.3 is 0 Å². The second-order valence-electron chi connectivity index (χ2n) is 7.67. The molecule has 2 atom stereocenters. The third-order valence-corrected chi connectivity index (χ3v) is 5.26. The molecule has 0 aromatic heterocycles. The minimum atomic E-state index is -0.167. The van der Waals surface area contributed by atoms with Crippen LogP contribution < -0.4 is 4.74 Å². The molecule has 3 aromatic carbocycles. The standard InChI is InChI=1S/C26H29NO2.ClH/c1-27(2)19-25(26(28)22-15-10-16-23(18-22)29-3)24(21-13-8-5-9-14-21)17-20-11-6-4-7-12-20;/h4-16,18,24-25H,17,19H2,1-3H3;1H/t24-,25-;/m1./s1. The first-order valence-electron chi connectivity index (χ1n) is 10.0. The highest BCUT2D eigenvalue weighted by atomic mass is 35.5. The first-order chi connectivity index (χ1) is 14.1. The molecule has 3 rings (SSSR count). The van der Waals surface area contributed by atoms with Crippen LogP contribution in [-0.2, 0) is 6.42 Å². The average Bonchev–Trinajstić information content (AvgIpc) is 2.77. The Morgan fingerprint density at radius 2 is 1.53 bits per heavy atom. The molecular weight excluding hydrogens is 394 g/mol. The van der Waals surface area contributed by atoms with E-state index in [4.69, 9.17) is 4.74 Å². The summed E-state index contributed by atoms with van der Waals surface area (Å²) < 4.78 is 5.34. The molecule has 0 unspecified atom stereocenters. The highest BCUT2D eigenvalue weighted by Gasteiger charge is 2.31. The number of ether oxygens (including phenoxy) is 1. The highest BCUT2D eigenvalue weighted by molar-refractivity contribution is 5.99. The molecule has 3 aromatic rings. The molecule has 0 amide bonds. The molecule has 0 fully saturated rings. The van der Waals surface area contributed by atoms with Gasteiger partial charge in [0.2, 0.25) is 0 Å². The van der Waals surface area contributed by atoms with Crippen LogP contribution in [0.5, 0.6) is 5.75 Å². The van der Waals surface area contributed by atoms with Crippen molar-refractivity contribution in [3.63, 3.8) is 0 Å². The summed E-state index contributed by atoms with van der Waals surface area (Å²) in [5.41, 5.74) is 3.13. The molecule has 0 radical (unpaired) electrons. The van der Waals surface area contributed by atoms with Gasteiger partial charge < -0.3 is 9.64 Å². The zero-order valence-electron chi connectivity index (χ0n) is 17.8. The number of methoxy groups -OCH3 is 1. The Bertz CT molecular complexity index is 913. The van der Waals surface area contributed by atoms with Gasteiger partial charge in [0.1, 0.15) is 5.75 Å². The Labute approximate surface area is 186 Å². The van der Waals surface area contributed by atoms with Gasteiger partial charge in [-0.25, -0.2) is 0 Å². The summed E-state index contributed by atoms with van der Waals surface area (Å²) in [5, 5.41) is 0. The quantitative estimate of drug-likeness (QED) is 0.425. The van der Waals surface area contributed by atoms with E-state index in [9.17, 15) is 4.79 Å². The summed E-state index contributed by atoms with van der Waals surface area (Å²) in [7, 11) is 5.68. The molecule has 0 saturated heterocycles. The third kappa shape index (κ3) is 6.19. The van der Waals surface area contributed by atoms with Crippen LogP contribution in [0.1, 0.15) is 27.4 Å². The number of halogens is 1. The van der Waals surface area contributed by atoms with Crippen LogP contribution in [-0.4, -0.2) is 38.4 Å². The smallest absolute Gasteiger partial charge is 0.167 e. The van der Waals surface area contributed by atoms with E-state index in [0.29, 0.717) is 17.9 Å². The van der Waals surface area contributed by atoms with E-state index in [-0.39, 0.29) is 30.0 Å². The molecule has 0 aliphatic rings. The van der Waals surface area contributed by atoms with Gasteiger partial charge in [0.05, 0.1) is 7.11 Å². The fourth-order valence-corrected chi connectivity index (χ4v) is 3.84. The monoisotopic (exact) mass is 423 g/mol. The van der Waals surface area contributed by atoms with Gasteiger partial charge in [-0.05, 0) is 49.7 Å². The van der Waals surface area contributed by atoms with Gasteiger partial charge in [0.25, 0.3) is 0 Å². The lowest BCUT2D eigenvalue weighted by molar-refractivity contribution is 0.0871. The van der Waals surface area contributed by atoms with Crippen LogP contribution in [0.3, 0.4) is 0 Å². The van der Waals surface area contributed by atoms with Gasteiger partial charge in [-0.3, -0.25) is 4.79 Å². The van der Waals surface area contributed by atoms with Crippen molar-refractivity contribution >= 4 is 18.2 Å². The number of carbonyl (C=O) groups is 1. The minimum Gasteiger partial charge on any atom is -0.497 e. The van der Waals surface area contributed by atoms with E-state index in [0.717, 1.165) is 6.42 Å². The fraction of sp³-hybridized carbons (Fsp3) is 0.269. The van der Waals surface area contributed by atoms with E-state index in [1.54, 1.807) is 7.11 Å². The molecule has 0 bridgehead atoms. The normalized spacial score (nSPS) is 12.7. The van der Waals surface area contributed by atoms with Gasteiger partial charge in [0, 0.05) is 18.0 Å². The summed E-state index contributed by atoms with van der Waals surface area (Å²) in [4.78, 5) is 15.8. The number of ketones is 1. The molecule has 0 aliphatic carbocycles. The summed E-state index contributed by atoms with van der Waals surface area (Å²) in [6.07, 6.45) is 0.819. The molecule has 0 N–H and O–H groups in total. The first kappa shape index (κ1) is 23.7. The van der Waals surface area contributed by atoms with Crippen molar-refractivity contribution in [3.05, 3.63) is 102 Å². The summed E-state index contributed by atoms with van der Waals surface area (Å²) in [5.74, 6) is 0.778. The lowest BCUT2D eigenvalue weighted by atomic mass is 9.77. The van der Waals surface area contributed by atoms with E-state index < -0.39 is 0 Å². The van der Waals surface area contributed by atoms with Crippen molar-refractivity contribution in [3.8, 4) is 5.75 Å². The zero-order valence-corrected chi connectivity index (χ0v) is 18.6. The van der Waals surface area contributed by atoms with Crippen LogP contribution in [0.25, 0.3) is 0 Å². The molecule has 0 spiro atoms. The third-order valence-electron chi connectivity index (χ3n) is 5.26. The SMILES string of the molecule is COc1cccc(C(=O)[C@H](CN(C)C)[C@H](Cc2ccccc2)c2ccccc2)c1.Cl. The van der Waals surface area contributed by atoms with Crippen LogP contribution in [0.4, 0.5) is 0 Å². The summed E-state index contributed by atoms with van der Waals surface area (Å²) >= 11 is 0. The Morgan fingerprint density at radius 3 is 2.13 bits per heavy atom. The Kier molecular flexibility index (Phi) is 9.10. The van der Waals surface area contributed by atoms with Crippen molar-refractivity contribution in [2.45, 2.75) is 12.3 Å². The molecule has 158 valence electrons. The van der Waals surface area contributed by atoms with Gasteiger partial charge in [0.15, 0.2) is 5.78 Å². The number of nitrogens with zero attached hydrogens (tertiary/aromatic N) is 1. The fourth-order valence-electron chi connectivity index (χ4n) is 3.84. The number of carbonyl (C=O) groups excluding carboxylic acids is 1. The Hall–Kier alpha value is -2.62. The summed E-state index contributed by atoms with van der Waals surface area (Å²) in [6, 6.07) is 28.3. The van der Waals surface area contributed by atoms with Gasteiger partial charge in [-0.2, -0.15) is 0 Å². The predicted molar refractivity (Wildman–Crippen MR) is 126 cm³/mol. The Morgan fingerprint density at radius 1 is 0.900 bits per heavy atom. The van der Waals surface area contributed by atoms with Crippen LogP contribution in [0, 0.1) is 5.92 Å². The Balaban J connectivity index is 0.00000320. The lowest BCUT2D eigenvalue weighted by Gasteiger charge is -2.29. The number of hydrogen-bond acceptors (Lipinski definition) is 3. The van der Waals surface area contributed by atoms with Crippen molar-refractivity contribution in [2.75, 3.05) is 27.7 Å². The molecule has 0 heterocycles. The van der Waals surface area contributed by atoms with E-state index in [1.807, 2.05) is 50.5 Å². The molecule has 3 nitrogen and oxygen atoms in total. The number of hydrogen-bond donors (Lipinski definition) is 0. The minimum absolute atomic E-state index is 0. The van der Waals surface area contributed by atoms with Crippen molar-refractivity contribution in [1.29, 1.82) is 0 Å². The van der Waals surface area contributed by atoms with Crippen LogP contribution in [0.15, 0.2) is 84.9 Å². The lowest BCUT2D eigenvalue weighted by Crippen LogP contribution is -2.33. The number of benzene rings is 3. The molecule has 0 aliphatic heterocycles. The molecule has 30 heavy (non-hydrogen) atoms. The van der Waals surface area contributed by atoms with E-state index >= 15 is 0 Å². The maximum Gasteiger partial charge on any atom is 0.167 e. The molecular formula is C26H30ClNO2. The predicted octanol–water partition coefficient (Wildman–Crippen LogP) is 5.50. The second kappa shape index (κ2) is 11.5. The molecule has 0 saturated carbocycles. The average molecular weight is 424 g/mol. The van der Waals surface area contributed by atoms with Gasteiger partial charge in [-0.15, -0.1) is 12.4 Å². The number of rotatable bonds is 9. The zero-order chi connectivity index (χ0) is 20.6.